The number of hydrogen-bond acceptors (Lipinski definition) is 7. The molecule has 0 spiro atoms. The molecule has 0 saturated carbocycles. The number of amides is 1. The van der Waals surface area contributed by atoms with Crippen LogP contribution in [0.3, 0.4) is 0 Å². The van der Waals surface area contributed by atoms with Crippen LogP contribution in [0.4, 0.5) is 5.13 Å². The van der Waals surface area contributed by atoms with Gasteiger partial charge in [-0.15, -0.1) is 11.3 Å². The predicted molar refractivity (Wildman–Crippen MR) is 104 cm³/mol. The third-order valence-electron chi connectivity index (χ3n) is 4.03. The number of aromatic nitrogens is 1. The Morgan fingerprint density at radius 3 is 2.89 bits per heavy atom. The van der Waals surface area contributed by atoms with Crippen molar-refractivity contribution < 1.29 is 23.8 Å². The SMILES string of the molecule is CC(=O)c1cccc(OCC(=O)Nc2nc(-c3ccc4c(c3)OCO4)cs2)c1. The second-order valence-corrected chi connectivity index (χ2v) is 6.88. The predicted octanol–water partition coefficient (Wildman–Crippen LogP) is 3.76. The van der Waals surface area contributed by atoms with Crippen molar-refractivity contribution in [2.24, 2.45) is 0 Å². The largest absolute Gasteiger partial charge is 0.484 e. The van der Waals surface area contributed by atoms with Gasteiger partial charge in [-0.1, -0.05) is 12.1 Å². The number of ether oxygens (including phenoxy) is 3. The van der Waals surface area contributed by atoms with Crippen LogP contribution in [0, 0.1) is 0 Å². The first kappa shape index (κ1) is 18.0. The van der Waals surface area contributed by atoms with E-state index in [1.54, 1.807) is 24.3 Å². The highest BCUT2D eigenvalue weighted by Crippen LogP contribution is 2.36. The summed E-state index contributed by atoms with van der Waals surface area (Å²) in [6, 6.07) is 12.3. The van der Waals surface area contributed by atoms with Crippen LogP contribution in [0.1, 0.15) is 17.3 Å². The summed E-state index contributed by atoms with van der Waals surface area (Å²) in [5.74, 6) is 1.45. The van der Waals surface area contributed by atoms with E-state index in [4.69, 9.17) is 14.2 Å². The average molecular weight is 396 g/mol. The van der Waals surface area contributed by atoms with Gasteiger partial charge in [-0.25, -0.2) is 4.98 Å². The van der Waals surface area contributed by atoms with E-state index in [-0.39, 0.29) is 25.1 Å². The Morgan fingerprint density at radius 1 is 1.18 bits per heavy atom. The van der Waals surface area contributed by atoms with Gasteiger partial charge in [0.25, 0.3) is 5.91 Å². The third-order valence-corrected chi connectivity index (χ3v) is 4.79. The molecule has 0 atom stereocenters. The molecule has 2 heterocycles. The number of fused-ring (bicyclic) bond motifs is 1. The van der Waals surface area contributed by atoms with Gasteiger partial charge in [0.05, 0.1) is 5.69 Å². The number of anilines is 1. The average Bonchev–Trinajstić information content (AvgIpc) is 3.35. The van der Waals surface area contributed by atoms with E-state index in [1.165, 1.54) is 18.3 Å². The van der Waals surface area contributed by atoms with Crippen LogP contribution in [0.5, 0.6) is 17.2 Å². The van der Waals surface area contributed by atoms with E-state index < -0.39 is 0 Å². The molecule has 1 amide bonds. The van der Waals surface area contributed by atoms with Gasteiger partial charge in [-0.3, -0.25) is 14.9 Å². The highest BCUT2D eigenvalue weighted by atomic mass is 32.1. The van der Waals surface area contributed by atoms with Gasteiger partial charge < -0.3 is 14.2 Å². The Hall–Kier alpha value is -3.39. The molecule has 8 heteroatoms. The molecule has 142 valence electrons. The molecule has 7 nitrogen and oxygen atoms in total. The number of benzene rings is 2. The molecule has 0 aliphatic carbocycles. The minimum absolute atomic E-state index is 0.0614. The van der Waals surface area contributed by atoms with Crippen molar-refractivity contribution in [1.82, 2.24) is 4.98 Å². The summed E-state index contributed by atoms with van der Waals surface area (Å²) in [6.45, 7) is 1.51. The number of thiazole rings is 1. The quantitative estimate of drug-likeness (QED) is 0.639. The number of hydrogen-bond donors (Lipinski definition) is 1. The molecule has 3 aromatic rings. The van der Waals surface area contributed by atoms with Crippen LogP contribution < -0.4 is 19.5 Å². The van der Waals surface area contributed by atoms with Crippen LogP contribution in [-0.2, 0) is 4.79 Å². The zero-order chi connectivity index (χ0) is 19.5. The zero-order valence-electron chi connectivity index (χ0n) is 14.9. The summed E-state index contributed by atoms with van der Waals surface area (Å²) in [6.07, 6.45) is 0. The molecule has 1 N–H and O–H groups in total. The monoisotopic (exact) mass is 396 g/mol. The smallest absolute Gasteiger partial charge is 0.264 e. The Bertz CT molecular complexity index is 1050. The fourth-order valence-electron chi connectivity index (χ4n) is 2.63. The molecule has 4 rings (SSSR count). The molecule has 0 saturated heterocycles. The first-order valence-electron chi connectivity index (χ1n) is 8.48. The van der Waals surface area contributed by atoms with Crippen LogP contribution in [0.15, 0.2) is 47.8 Å². The molecule has 0 unspecified atom stereocenters. The molecule has 0 radical (unpaired) electrons. The molecule has 1 aliphatic rings. The fourth-order valence-corrected chi connectivity index (χ4v) is 3.36. The number of nitrogens with zero attached hydrogens (tertiary/aromatic N) is 1. The minimum atomic E-state index is -0.334. The lowest BCUT2D eigenvalue weighted by atomic mass is 10.1. The molecular formula is C20H16N2O5S. The maximum absolute atomic E-state index is 12.1. The van der Waals surface area contributed by atoms with E-state index >= 15 is 0 Å². The van der Waals surface area contributed by atoms with Gasteiger partial charge in [0.2, 0.25) is 6.79 Å². The number of Topliss-reactive ketones (excluding diaryl/α,β-unsaturated/α-hetero) is 1. The first-order valence-corrected chi connectivity index (χ1v) is 9.35. The van der Waals surface area contributed by atoms with Crippen LogP contribution >= 0.6 is 11.3 Å². The Labute approximate surface area is 164 Å². The number of nitrogens with one attached hydrogen (secondary N) is 1. The minimum Gasteiger partial charge on any atom is -0.484 e. The van der Waals surface area contributed by atoms with Crippen molar-refractivity contribution in [1.29, 1.82) is 0 Å². The van der Waals surface area contributed by atoms with Gasteiger partial charge in [-0.05, 0) is 37.3 Å². The van der Waals surface area contributed by atoms with Gasteiger partial charge in [-0.2, -0.15) is 0 Å². The van der Waals surface area contributed by atoms with Crippen LogP contribution in [0.25, 0.3) is 11.3 Å². The highest BCUT2D eigenvalue weighted by Gasteiger charge is 2.15. The molecule has 0 bridgehead atoms. The first-order chi connectivity index (χ1) is 13.6. The summed E-state index contributed by atoms with van der Waals surface area (Å²) in [5.41, 5.74) is 2.14. The van der Waals surface area contributed by atoms with E-state index in [9.17, 15) is 9.59 Å². The fraction of sp³-hybridized carbons (Fsp3) is 0.150. The summed E-state index contributed by atoms with van der Waals surface area (Å²) in [7, 11) is 0. The number of ketones is 1. The molecule has 28 heavy (non-hydrogen) atoms. The standard InChI is InChI=1S/C20H16N2O5S/c1-12(23)13-3-2-4-15(7-13)25-9-19(24)22-20-21-16(10-28-20)14-5-6-17-18(8-14)27-11-26-17/h2-8,10H,9,11H2,1H3,(H,21,22,24). The number of carbonyl (C=O) groups is 2. The molecular weight excluding hydrogens is 380 g/mol. The Balaban J connectivity index is 1.36. The Kier molecular flexibility index (Phi) is 4.94. The van der Waals surface area contributed by atoms with Gasteiger partial charge in [0.15, 0.2) is 29.0 Å². The Morgan fingerprint density at radius 2 is 2.04 bits per heavy atom. The summed E-state index contributed by atoms with van der Waals surface area (Å²) >= 11 is 1.32. The molecule has 0 fully saturated rings. The number of carbonyl (C=O) groups excluding carboxylic acids is 2. The van der Waals surface area contributed by atoms with Gasteiger partial charge in [0, 0.05) is 16.5 Å². The van der Waals surface area contributed by atoms with Crippen molar-refractivity contribution in [2.75, 3.05) is 18.7 Å². The molecule has 1 aromatic heterocycles. The highest BCUT2D eigenvalue weighted by molar-refractivity contribution is 7.14. The maximum Gasteiger partial charge on any atom is 0.264 e. The van der Waals surface area contributed by atoms with Crippen molar-refractivity contribution in [3.8, 4) is 28.5 Å². The summed E-state index contributed by atoms with van der Waals surface area (Å²) in [4.78, 5) is 28.0. The van der Waals surface area contributed by atoms with Crippen LogP contribution in [-0.4, -0.2) is 30.1 Å². The van der Waals surface area contributed by atoms with E-state index in [0.717, 1.165) is 11.3 Å². The summed E-state index contributed by atoms with van der Waals surface area (Å²) in [5, 5.41) is 5.04. The van der Waals surface area contributed by atoms with E-state index in [2.05, 4.69) is 10.3 Å². The second-order valence-electron chi connectivity index (χ2n) is 6.03. The van der Waals surface area contributed by atoms with Crippen molar-refractivity contribution in [2.45, 2.75) is 6.92 Å². The summed E-state index contributed by atoms with van der Waals surface area (Å²) < 4.78 is 16.1. The van der Waals surface area contributed by atoms with Crippen molar-refractivity contribution >= 4 is 28.2 Å². The lowest BCUT2D eigenvalue weighted by molar-refractivity contribution is -0.118. The van der Waals surface area contributed by atoms with Gasteiger partial charge in [0.1, 0.15) is 5.75 Å². The molecule has 1 aliphatic heterocycles. The molecule has 2 aromatic carbocycles. The topological polar surface area (TPSA) is 86.8 Å². The van der Waals surface area contributed by atoms with E-state index in [0.29, 0.717) is 27.9 Å². The van der Waals surface area contributed by atoms with Crippen molar-refractivity contribution in [3.05, 3.63) is 53.4 Å². The van der Waals surface area contributed by atoms with Gasteiger partial charge >= 0.3 is 0 Å². The third kappa shape index (κ3) is 3.96. The lowest BCUT2D eigenvalue weighted by Gasteiger charge is -2.06. The number of rotatable bonds is 6. The zero-order valence-corrected chi connectivity index (χ0v) is 15.7. The maximum atomic E-state index is 12.1. The van der Waals surface area contributed by atoms with Crippen molar-refractivity contribution in [3.63, 3.8) is 0 Å². The lowest BCUT2D eigenvalue weighted by Crippen LogP contribution is -2.20. The van der Waals surface area contributed by atoms with Crippen LogP contribution in [0.2, 0.25) is 0 Å². The normalized spacial score (nSPS) is 11.9. The van der Waals surface area contributed by atoms with E-state index in [1.807, 2.05) is 23.6 Å². The second kappa shape index (κ2) is 7.69.